The van der Waals surface area contributed by atoms with Crippen LogP contribution in [0.1, 0.15) is 24.0 Å². The van der Waals surface area contributed by atoms with Gasteiger partial charge in [-0.3, -0.25) is 0 Å². The van der Waals surface area contributed by atoms with Crippen molar-refractivity contribution < 1.29 is 9.47 Å². The summed E-state index contributed by atoms with van der Waals surface area (Å²) in [6, 6.07) is 16.3. The van der Waals surface area contributed by atoms with Gasteiger partial charge in [-0.15, -0.1) is 0 Å². The summed E-state index contributed by atoms with van der Waals surface area (Å²) in [4.78, 5) is 0. The van der Waals surface area contributed by atoms with Gasteiger partial charge in [0.05, 0.1) is 13.7 Å². The fourth-order valence-electron chi connectivity index (χ4n) is 2.47. The molecule has 0 spiro atoms. The molecular formula is C18H23NO2. The summed E-state index contributed by atoms with van der Waals surface area (Å²) in [5.74, 6) is 2.06. The normalized spacial score (nSPS) is 12.0. The van der Waals surface area contributed by atoms with Crippen molar-refractivity contribution in [3.63, 3.8) is 0 Å². The van der Waals surface area contributed by atoms with Crippen LogP contribution >= 0.6 is 0 Å². The summed E-state index contributed by atoms with van der Waals surface area (Å²) in [5, 5.41) is 0. The highest BCUT2D eigenvalue weighted by Gasteiger charge is 2.15. The van der Waals surface area contributed by atoms with Crippen molar-refractivity contribution >= 4 is 0 Å². The topological polar surface area (TPSA) is 44.5 Å². The standard InChI is InChI=1S/C18H23NO2/c1-3-21-18-7-5-4-6-17(18)15(13-19)12-14-8-10-16(20-2)11-9-14/h4-11,15H,3,12-13,19H2,1-2H3. The van der Waals surface area contributed by atoms with Crippen LogP contribution in [0, 0.1) is 0 Å². The molecule has 2 rings (SSSR count). The lowest BCUT2D eigenvalue weighted by Gasteiger charge is -2.19. The van der Waals surface area contributed by atoms with Gasteiger partial charge in [0, 0.05) is 5.92 Å². The molecule has 1 unspecified atom stereocenters. The van der Waals surface area contributed by atoms with E-state index >= 15 is 0 Å². The summed E-state index contributed by atoms with van der Waals surface area (Å²) in [6.07, 6.45) is 0.893. The Bertz CT molecular complexity index is 551. The van der Waals surface area contributed by atoms with Crippen LogP contribution in [-0.4, -0.2) is 20.3 Å². The van der Waals surface area contributed by atoms with E-state index in [4.69, 9.17) is 15.2 Å². The zero-order valence-corrected chi connectivity index (χ0v) is 12.7. The maximum absolute atomic E-state index is 5.99. The quantitative estimate of drug-likeness (QED) is 0.848. The Hall–Kier alpha value is -2.00. The molecule has 0 radical (unpaired) electrons. The molecule has 3 nitrogen and oxygen atoms in total. The van der Waals surface area contributed by atoms with Gasteiger partial charge in [0.15, 0.2) is 0 Å². The van der Waals surface area contributed by atoms with Crippen LogP contribution in [0.25, 0.3) is 0 Å². The maximum atomic E-state index is 5.99. The molecule has 0 amide bonds. The van der Waals surface area contributed by atoms with Gasteiger partial charge in [-0.05, 0) is 49.2 Å². The Morgan fingerprint density at radius 2 is 1.76 bits per heavy atom. The smallest absolute Gasteiger partial charge is 0.122 e. The van der Waals surface area contributed by atoms with E-state index in [0.29, 0.717) is 13.2 Å². The molecule has 2 aromatic carbocycles. The molecule has 0 bridgehead atoms. The van der Waals surface area contributed by atoms with Crippen molar-refractivity contribution in [1.82, 2.24) is 0 Å². The average molecular weight is 285 g/mol. The molecule has 0 saturated carbocycles. The van der Waals surface area contributed by atoms with E-state index in [1.807, 2.05) is 37.3 Å². The second-order valence-corrected chi connectivity index (χ2v) is 4.96. The van der Waals surface area contributed by atoms with E-state index in [-0.39, 0.29) is 5.92 Å². The molecule has 0 aromatic heterocycles. The lowest BCUT2D eigenvalue weighted by Crippen LogP contribution is -2.16. The first-order valence-electron chi connectivity index (χ1n) is 7.33. The van der Waals surface area contributed by atoms with Crippen LogP contribution in [0.2, 0.25) is 0 Å². The van der Waals surface area contributed by atoms with Crippen molar-refractivity contribution in [2.24, 2.45) is 5.73 Å². The second-order valence-electron chi connectivity index (χ2n) is 4.96. The van der Waals surface area contributed by atoms with Crippen LogP contribution in [0.4, 0.5) is 0 Å². The van der Waals surface area contributed by atoms with E-state index in [2.05, 4.69) is 18.2 Å². The summed E-state index contributed by atoms with van der Waals surface area (Å²) >= 11 is 0. The molecule has 3 heteroatoms. The molecule has 0 aliphatic heterocycles. The summed E-state index contributed by atoms with van der Waals surface area (Å²) in [7, 11) is 1.68. The third-order valence-electron chi connectivity index (χ3n) is 3.58. The third-order valence-corrected chi connectivity index (χ3v) is 3.58. The minimum Gasteiger partial charge on any atom is -0.497 e. The van der Waals surface area contributed by atoms with Gasteiger partial charge in [0.2, 0.25) is 0 Å². The SMILES string of the molecule is CCOc1ccccc1C(CN)Cc1ccc(OC)cc1. The summed E-state index contributed by atoms with van der Waals surface area (Å²) < 4.78 is 10.9. The number of rotatable bonds is 7. The second kappa shape index (κ2) is 7.70. The van der Waals surface area contributed by atoms with Gasteiger partial charge in [0.1, 0.15) is 11.5 Å². The van der Waals surface area contributed by atoms with Gasteiger partial charge in [-0.1, -0.05) is 30.3 Å². The van der Waals surface area contributed by atoms with E-state index in [9.17, 15) is 0 Å². The fraction of sp³-hybridized carbons (Fsp3) is 0.333. The van der Waals surface area contributed by atoms with Gasteiger partial charge in [-0.2, -0.15) is 0 Å². The molecule has 0 heterocycles. The van der Waals surface area contributed by atoms with Crippen LogP contribution in [0.3, 0.4) is 0 Å². The number of para-hydroxylation sites is 1. The molecule has 1 atom stereocenters. The van der Waals surface area contributed by atoms with E-state index in [1.165, 1.54) is 11.1 Å². The monoisotopic (exact) mass is 285 g/mol. The predicted molar refractivity (Wildman–Crippen MR) is 86.1 cm³/mol. The Morgan fingerprint density at radius 3 is 2.38 bits per heavy atom. The summed E-state index contributed by atoms with van der Waals surface area (Å²) in [5.41, 5.74) is 8.42. The van der Waals surface area contributed by atoms with Crippen LogP contribution in [-0.2, 0) is 6.42 Å². The molecule has 112 valence electrons. The fourth-order valence-corrected chi connectivity index (χ4v) is 2.47. The lowest BCUT2D eigenvalue weighted by atomic mass is 9.91. The number of benzene rings is 2. The molecule has 2 N–H and O–H groups in total. The molecule has 0 aliphatic carbocycles. The third kappa shape index (κ3) is 3.99. The summed E-state index contributed by atoms with van der Waals surface area (Å²) in [6.45, 7) is 3.25. The van der Waals surface area contributed by atoms with Gasteiger partial charge >= 0.3 is 0 Å². The van der Waals surface area contributed by atoms with Crippen molar-refractivity contribution in [2.75, 3.05) is 20.3 Å². The minimum atomic E-state index is 0.251. The zero-order chi connectivity index (χ0) is 15.1. The maximum Gasteiger partial charge on any atom is 0.122 e. The Labute approximate surface area is 126 Å². The molecule has 0 aliphatic rings. The first-order chi connectivity index (χ1) is 10.3. The molecule has 0 saturated heterocycles. The lowest BCUT2D eigenvalue weighted by molar-refractivity contribution is 0.334. The first-order valence-corrected chi connectivity index (χ1v) is 7.33. The Morgan fingerprint density at radius 1 is 1.05 bits per heavy atom. The number of methoxy groups -OCH3 is 1. The van der Waals surface area contributed by atoms with Crippen molar-refractivity contribution in [3.8, 4) is 11.5 Å². The van der Waals surface area contributed by atoms with Gasteiger partial charge in [0.25, 0.3) is 0 Å². The highest BCUT2D eigenvalue weighted by Crippen LogP contribution is 2.29. The average Bonchev–Trinajstić information content (AvgIpc) is 2.54. The van der Waals surface area contributed by atoms with E-state index in [1.54, 1.807) is 7.11 Å². The van der Waals surface area contributed by atoms with Crippen LogP contribution in [0.5, 0.6) is 11.5 Å². The van der Waals surface area contributed by atoms with Crippen molar-refractivity contribution in [3.05, 3.63) is 59.7 Å². The van der Waals surface area contributed by atoms with Crippen LogP contribution < -0.4 is 15.2 Å². The van der Waals surface area contributed by atoms with E-state index < -0.39 is 0 Å². The molecular weight excluding hydrogens is 262 g/mol. The number of ether oxygens (including phenoxy) is 2. The largest absolute Gasteiger partial charge is 0.497 e. The molecule has 21 heavy (non-hydrogen) atoms. The highest BCUT2D eigenvalue weighted by molar-refractivity contribution is 5.38. The van der Waals surface area contributed by atoms with Gasteiger partial charge in [-0.25, -0.2) is 0 Å². The Balaban J connectivity index is 2.19. The first kappa shape index (κ1) is 15.4. The van der Waals surface area contributed by atoms with Crippen molar-refractivity contribution in [2.45, 2.75) is 19.3 Å². The molecule has 0 fully saturated rings. The Kier molecular flexibility index (Phi) is 5.64. The van der Waals surface area contributed by atoms with Crippen molar-refractivity contribution in [1.29, 1.82) is 0 Å². The minimum absolute atomic E-state index is 0.251. The number of nitrogens with two attached hydrogens (primary N) is 1. The zero-order valence-electron chi connectivity index (χ0n) is 12.7. The number of hydrogen-bond acceptors (Lipinski definition) is 3. The van der Waals surface area contributed by atoms with E-state index in [0.717, 1.165) is 17.9 Å². The predicted octanol–water partition coefficient (Wildman–Crippen LogP) is 3.38. The van der Waals surface area contributed by atoms with Crippen LogP contribution in [0.15, 0.2) is 48.5 Å². The number of hydrogen-bond donors (Lipinski definition) is 1. The molecule has 2 aromatic rings. The van der Waals surface area contributed by atoms with Gasteiger partial charge < -0.3 is 15.2 Å². The highest BCUT2D eigenvalue weighted by atomic mass is 16.5.